The Morgan fingerprint density at radius 1 is 1.08 bits per heavy atom. The normalized spacial score (nSPS) is 10.4. The van der Waals surface area contributed by atoms with Crippen LogP contribution in [0.1, 0.15) is 10.4 Å². The van der Waals surface area contributed by atoms with E-state index in [2.05, 4.69) is 15.4 Å². The number of para-hydroxylation sites is 1. The van der Waals surface area contributed by atoms with Gasteiger partial charge < -0.3 is 15.4 Å². The molecule has 24 heavy (non-hydrogen) atoms. The molecule has 2 aromatic carbocycles. The predicted molar refractivity (Wildman–Crippen MR) is 90.2 cm³/mol. The lowest BCUT2D eigenvalue weighted by atomic mass is 10.2. The molecule has 0 aliphatic carbocycles. The lowest BCUT2D eigenvalue weighted by Crippen LogP contribution is -2.12. The summed E-state index contributed by atoms with van der Waals surface area (Å²) in [5.74, 6) is -0.995. The Morgan fingerprint density at radius 2 is 1.79 bits per heavy atom. The molecular weight excluding hydrogens is 306 g/mol. The van der Waals surface area contributed by atoms with E-state index in [9.17, 15) is 9.59 Å². The summed E-state index contributed by atoms with van der Waals surface area (Å²) in [6, 6.07) is 17.5. The molecule has 6 heteroatoms. The van der Waals surface area contributed by atoms with Gasteiger partial charge in [-0.3, -0.25) is 4.79 Å². The molecule has 0 unspecified atom stereocenters. The van der Waals surface area contributed by atoms with Crippen LogP contribution in [0.25, 0.3) is 0 Å². The SMILES string of the molecule is COC(=O)/C(C#N)=C\Nc1cccc(C(=O)Nc2ccccc2)c1. The van der Waals surface area contributed by atoms with Gasteiger partial charge in [-0.05, 0) is 30.3 Å². The molecule has 0 saturated heterocycles. The maximum absolute atomic E-state index is 12.2. The molecule has 0 aliphatic heterocycles. The molecule has 2 aromatic rings. The van der Waals surface area contributed by atoms with Crippen LogP contribution in [0.3, 0.4) is 0 Å². The minimum atomic E-state index is -0.733. The zero-order valence-electron chi connectivity index (χ0n) is 12.9. The quantitative estimate of drug-likeness (QED) is 0.502. The van der Waals surface area contributed by atoms with Crippen LogP contribution < -0.4 is 10.6 Å². The van der Waals surface area contributed by atoms with Gasteiger partial charge >= 0.3 is 5.97 Å². The molecule has 0 bridgehead atoms. The fourth-order valence-electron chi connectivity index (χ4n) is 1.88. The molecule has 1 amide bonds. The second-order valence-corrected chi connectivity index (χ2v) is 4.71. The van der Waals surface area contributed by atoms with E-state index in [-0.39, 0.29) is 11.5 Å². The van der Waals surface area contributed by atoms with Crippen LogP contribution in [0, 0.1) is 11.3 Å². The minimum absolute atomic E-state index is 0.170. The van der Waals surface area contributed by atoms with E-state index in [1.54, 1.807) is 42.5 Å². The number of benzene rings is 2. The van der Waals surface area contributed by atoms with E-state index in [0.717, 1.165) is 0 Å². The number of anilines is 2. The van der Waals surface area contributed by atoms with Crippen LogP contribution in [-0.2, 0) is 9.53 Å². The van der Waals surface area contributed by atoms with E-state index >= 15 is 0 Å². The summed E-state index contributed by atoms with van der Waals surface area (Å²) < 4.78 is 4.49. The van der Waals surface area contributed by atoms with Crippen LogP contribution in [0.5, 0.6) is 0 Å². The molecule has 0 heterocycles. The largest absolute Gasteiger partial charge is 0.465 e. The van der Waals surface area contributed by atoms with Crippen molar-refractivity contribution in [3.8, 4) is 6.07 Å². The van der Waals surface area contributed by atoms with E-state index in [4.69, 9.17) is 5.26 Å². The lowest BCUT2D eigenvalue weighted by Gasteiger charge is -2.07. The first-order valence-corrected chi connectivity index (χ1v) is 7.05. The van der Waals surface area contributed by atoms with Crippen molar-refractivity contribution >= 4 is 23.3 Å². The van der Waals surface area contributed by atoms with E-state index in [1.807, 2.05) is 18.2 Å². The summed E-state index contributed by atoms with van der Waals surface area (Å²) in [7, 11) is 1.20. The third-order valence-corrected chi connectivity index (χ3v) is 3.07. The average molecular weight is 321 g/mol. The zero-order chi connectivity index (χ0) is 17.4. The maximum Gasteiger partial charge on any atom is 0.350 e. The molecule has 0 atom stereocenters. The van der Waals surface area contributed by atoms with Crippen molar-refractivity contribution in [1.29, 1.82) is 5.26 Å². The van der Waals surface area contributed by atoms with Gasteiger partial charge in [0.15, 0.2) is 5.57 Å². The highest BCUT2D eigenvalue weighted by molar-refractivity contribution is 6.04. The molecule has 0 radical (unpaired) electrons. The highest BCUT2D eigenvalue weighted by Gasteiger charge is 2.09. The van der Waals surface area contributed by atoms with Crippen molar-refractivity contribution in [1.82, 2.24) is 0 Å². The summed E-state index contributed by atoms with van der Waals surface area (Å²) in [6.07, 6.45) is 1.24. The van der Waals surface area contributed by atoms with Crippen molar-refractivity contribution in [3.05, 3.63) is 71.9 Å². The fourth-order valence-corrected chi connectivity index (χ4v) is 1.88. The Labute approximate surface area is 139 Å². The third kappa shape index (κ3) is 4.45. The number of hydrogen-bond donors (Lipinski definition) is 2. The monoisotopic (exact) mass is 321 g/mol. The fraction of sp³-hybridized carbons (Fsp3) is 0.0556. The number of methoxy groups -OCH3 is 1. The Bertz CT molecular complexity index is 808. The van der Waals surface area contributed by atoms with Gasteiger partial charge in [-0.2, -0.15) is 5.26 Å². The minimum Gasteiger partial charge on any atom is -0.465 e. The highest BCUT2D eigenvalue weighted by Crippen LogP contribution is 2.14. The number of carbonyl (C=O) groups is 2. The van der Waals surface area contributed by atoms with E-state index < -0.39 is 5.97 Å². The van der Waals surface area contributed by atoms with Gasteiger partial charge in [0, 0.05) is 23.1 Å². The van der Waals surface area contributed by atoms with Crippen molar-refractivity contribution < 1.29 is 14.3 Å². The molecule has 0 fully saturated rings. The summed E-state index contributed by atoms with van der Waals surface area (Å²) in [6.45, 7) is 0. The Balaban J connectivity index is 2.11. The second-order valence-electron chi connectivity index (χ2n) is 4.71. The summed E-state index contributed by atoms with van der Waals surface area (Å²) >= 11 is 0. The van der Waals surface area contributed by atoms with Crippen molar-refractivity contribution in [2.45, 2.75) is 0 Å². The number of amides is 1. The van der Waals surface area contributed by atoms with Gasteiger partial charge in [-0.1, -0.05) is 24.3 Å². The lowest BCUT2D eigenvalue weighted by molar-refractivity contribution is -0.135. The molecule has 0 aliphatic rings. The molecule has 0 saturated carbocycles. The van der Waals surface area contributed by atoms with Crippen molar-refractivity contribution in [2.24, 2.45) is 0 Å². The molecule has 2 rings (SSSR count). The second kappa shape index (κ2) is 8.15. The van der Waals surface area contributed by atoms with Gasteiger partial charge in [-0.25, -0.2) is 4.79 Å². The number of nitrogens with one attached hydrogen (secondary N) is 2. The number of ether oxygens (including phenoxy) is 1. The molecule has 0 spiro atoms. The zero-order valence-corrected chi connectivity index (χ0v) is 12.9. The first kappa shape index (κ1) is 16.8. The molecular formula is C18H15N3O3. The highest BCUT2D eigenvalue weighted by atomic mass is 16.5. The molecule has 0 aromatic heterocycles. The van der Waals surface area contributed by atoms with Crippen LogP contribution in [0.4, 0.5) is 11.4 Å². The number of hydrogen-bond acceptors (Lipinski definition) is 5. The smallest absolute Gasteiger partial charge is 0.350 e. The summed E-state index contributed by atoms with van der Waals surface area (Å²) in [5.41, 5.74) is 1.52. The maximum atomic E-state index is 12.2. The van der Waals surface area contributed by atoms with Crippen LogP contribution in [-0.4, -0.2) is 19.0 Å². The first-order chi connectivity index (χ1) is 11.6. The van der Waals surface area contributed by atoms with Crippen LogP contribution >= 0.6 is 0 Å². The van der Waals surface area contributed by atoms with Gasteiger partial charge in [0.25, 0.3) is 5.91 Å². The van der Waals surface area contributed by atoms with Gasteiger partial charge in [0.1, 0.15) is 6.07 Å². The van der Waals surface area contributed by atoms with Gasteiger partial charge in [0.2, 0.25) is 0 Å². The summed E-state index contributed by atoms with van der Waals surface area (Å²) in [5, 5.41) is 14.5. The number of rotatable bonds is 5. The van der Waals surface area contributed by atoms with Crippen molar-refractivity contribution in [2.75, 3.05) is 17.7 Å². The number of carbonyl (C=O) groups excluding carboxylic acids is 2. The predicted octanol–water partition coefficient (Wildman–Crippen LogP) is 2.93. The Morgan fingerprint density at radius 3 is 2.46 bits per heavy atom. The topological polar surface area (TPSA) is 91.2 Å². The molecule has 120 valence electrons. The molecule has 2 N–H and O–H groups in total. The number of esters is 1. The third-order valence-electron chi connectivity index (χ3n) is 3.07. The number of nitriles is 1. The Hall–Kier alpha value is -3.59. The summed E-state index contributed by atoms with van der Waals surface area (Å²) in [4.78, 5) is 23.6. The van der Waals surface area contributed by atoms with Crippen LogP contribution in [0.15, 0.2) is 66.4 Å². The first-order valence-electron chi connectivity index (χ1n) is 7.05. The average Bonchev–Trinajstić information content (AvgIpc) is 2.63. The number of nitrogens with zero attached hydrogens (tertiary/aromatic N) is 1. The van der Waals surface area contributed by atoms with E-state index in [0.29, 0.717) is 16.9 Å². The van der Waals surface area contributed by atoms with Gasteiger partial charge in [-0.15, -0.1) is 0 Å². The van der Waals surface area contributed by atoms with Gasteiger partial charge in [0.05, 0.1) is 7.11 Å². The standard InChI is InChI=1S/C18H15N3O3/c1-24-18(23)14(11-19)12-20-16-9-5-6-13(10-16)17(22)21-15-7-3-2-4-8-15/h2-10,12,20H,1H3,(H,21,22)/b14-12-. The van der Waals surface area contributed by atoms with Crippen molar-refractivity contribution in [3.63, 3.8) is 0 Å². The Kier molecular flexibility index (Phi) is 5.70. The van der Waals surface area contributed by atoms with Crippen LogP contribution in [0.2, 0.25) is 0 Å². The van der Waals surface area contributed by atoms with E-state index in [1.165, 1.54) is 13.3 Å². The molecule has 6 nitrogen and oxygen atoms in total.